The summed E-state index contributed by atoms with van der Waals surface area (Å²) in [5.41, 5.74) is 6.85. The highest BCUT2D eigenvalue weighted by Gasteiger charge is 2.16. The third-order valence-electron chi connectivity index (χ3n) is 5.05. The second kappa shape index (κ2) is 6.59. The van der Waals surface area contributed by atoms with E-state index in [-0.39, 0.29) is 0 Å². The Hall–Kier alpha value is -4.39. The van der Waals surface area contributed by atoms with E-state index in [1.807, 2.05) is 60.7 Å². The van der Waals surface area contributed by atoms with E-state index in [0.29, 0.717) is 5.82 Å². The van der Waals surface area contributed by atoms with Gasteiger partial charge in [0.2, 0.25) is 0 Å². The van der Waals surface area contributed by atoms with Crippen LogP contribution in [0.3, 0.4) is 0 Å². The maximum absolute atomic E-state index is 4.87. The number of H-pyrrole nitrogens is 2. The lowest BCUT2D eigenvalue weighted by atomic mass is 10.1. The van der Waals surface area contributed by atoms with E-state index in [1.165, 1.54) is 0 Å². The van der Waals surface area contributed by atoms with E-state index in [0.717, 1.165) is 50.3 Å². The van der Waals surface area contributed by atoms with Crippen molar-refractivity contribution in [1.82, 2.24) is 35.1 Å². The molecule has 0 fully saturated rings. The van der Waals surface area contributed by atoms with Gasteiger partial charge in [0.15, 0.2) is 5.82 Å². The van der Waals surface area contributed by atoms with Crippen molar-refractivity contribution in [2.24, 2.45) is 0 Å². The SMILES string of the molecule is c1ccc(-c2cc3c(-c4nc5c(-c6ccccn6)cccc5[nH]4)n[nH]c3cn2)nc1. The molecule has 6 rings (SSSR count). The average Bonchev–Trinajstić information content (AvgIpc) is 3.43. The first kappa shape index (κ1) is 16.6. The molecule has 0 unspecified atom stereocenters. The van der Waals surface area contributed by atoms with E-state index in [1.54, 1.807) is 18.6 Å². The highest BCUT2D eigenvalue weighted by atomic mass is 15.1. The number of hydrogen-bond donors (Lipinski definition) is 2. The average molecular weight is 389 g/mol. The Morgan fingerprint density at radius 3 is 2.33 bits per heavy atom. The number of nitrogens with one attached hydrogen (secondary N) is 2. The molecule has 0 aliphatic heterocycles. The maximum atomic E-state index is 4.87. The van der Waals surface area contributed by atoms with Crippen LogP contribution in [0.5, 0.6) is 0 Å². The molecule has 5 heterocycles. The van der Waals surface area contributed by atoms with Crippen molar-refractivity contribution in [1.29, 1.82) is 0 Å². The summed E-state index contributed by atoms with van der Waals surface area (Å²) in [6.45, 7) is 0. The Morgan fingerprint density at radius 1 is 0.700 bits per heavy atom. The molecular formula is C23H15N7. The molecule has 0 aliphatic rings. The fourth-order valence-electron chi connectivity index (χ4n) is 3.62. The first-order valence-corrected chi connectivity index (χ1v) is 9.53. The third kappa shape index (κ3) is 2.64. The van der Waals surface area contributed by atoms with E-state index in [4.69, 9.17) is 4.98 Å². The number of rotatable bonds is 3. The Labute approximate surface area is 170 Å². The first-order valence-electron chi connectivity index (χ1n) is 9.53. The molecule has 0 radical (unpaired) electrons. The topological polar surface area (TPSA) is 96.0 Å². The van der Waals surface area contributed by atoms with Gasteiger partial charge in [-0.15, -0.1) is 0 Å². The van der Waals surface area contributed by atoms with E-state index < -0.39 is 0 Å². The Morgan fingerprint density at radius 2 is 1.53 bits per heavy atom. The molecular weight excluding hydrogens is 374 g/mol. The van der Waals surface area contributed by atoms with E-state index in [9.17, 15) is 0 Å². The van der Waals surface area contributed by atoms with Crippen molar-refractivity contribution in [2.45, 2.75) is 0 Å². The third-order valence-corrected chi connectivity index (χ3v) is 5.05. The molecule has 0 bridgehead atoms. The molecule has 1 aromatic carbocycles. The molecule has 0 atom stereocenters. The highest BCUT2D eigenvalue weighted by Crippen LogP contribution is 2.31. The van der Waals surface area contributed by atoms with Gasteiger partial charge in [0.1, 0.15) is 5.69 Å². The summed E-state index contributed by atoms with van der Waals surface area (Å²) in [4.78, 5) is 21.7. The molecule has 7 nitrogen and oxygen atoms in total. The zero-order chi connectivity index (χ0) is 19.9. The van der Waals surface area contributed by atoms with Crippen molar-refractivity contribution in [3.05, 3.63) is 79.3 Å². The van der Waals surface area contributed by atoms with Crippen LogP contribution in [0.4, 0.5) is 0 Å². The summed E-state index contributed by atoms with van der Waals surface area (Å²) in [5, 5.41) is 8.49. The van der Waals surface area contributed by atoms with Gasteiger partial charge in [-0.2, -0.15) is 5.10 Å². The van der Waals surface area contributed by atoms with Gasteiger partial charge in [0.25, 0.3) is 0 Å². The summed E-state index contributed by atoms with van der Waals surface area (Å²) in [7, 11) is 0. The summed E-state index contributed by atoms with van der Waals surface area (Å²) < 4.78 is 0. The Balaban J connectivity index is 1.52. The summed E-state index contributed by atoms with van der Waals surface area (Å²) in [6, 6.07) is 19.7. The number of aromatic nitrogens is 7. The number of fused-ring (bicyclic) bond motifs is 2. The number of pyridine rings is 3. The Kier molecular flexibility index (Phi) is 3.64. The lowest BCUT2D eigenvalue weighted by Gasteiger charge is -2.00. The molecule has 0 amide bonds. The van der Waals surface area contributed by atoms with Gasteiger partial charge in [0, 0.05) is 23.3 Å². The van der Waals surface area contributed by atoms with E-state index in [2.05, 4.69) is 30.1 Å². The molecule has 0 aliphatic carbocycles. The molecule has 0 saturated carbocycles. The highest BCUT2D eigenvalue weighted by molar-refractivity contribution is 5.97. The van der Waals surface area contributed by atoms with Gasteiger partial charge in [-0.1, -0.05) is 24.3 Å². The van der Waals surface area contributed by atoms with Crippen molar-refractivity contribution in [3.8, 4) is 34.2 Å². The van der Waals surface area contributed by atoms with Crippen molar-refractivity contribution >= 4 is 21.9 Å². The first-order chi connectivity index (χ1) is 14.9. The van der Waals surface area contributed by atoms with Crippen molar-refractivity contribution in [3.63, 3.8) is 0 Å². The standard InChI is InChI=1S/C23H15N7/c1-3-10-24-16(7-1)14-6-5-9-18-21(14)28-23(27-18)22-15-12-19(17-8-2-4-11-25-17)26-13-20(15)29-30-22/h1-13H,(H,27,28)(H,29,30). The van der Waals surface area contributed by atoms with Gasteiger partial charge in [-0.05, 0) is 36.4 Å². The van der Waals surface area contributed by atoms with Crippen LogP contribution in [-0.4, -0.2) is 35.1 Å². The van der Waals surface area contributed by atoms with Crippen molar-refractivity contribution < 1.29 is 0 Å². The molecule has 0 saturated heterocycles. The fraction of sp³-hybridized carbons (Fsp3) is 0. The number of aromatic amines is 2. The lowest BCUT2D eigenvalue weighted by Crippen LogP contribution is -1.87. The number of para-hydroxylation sites is 1. The number of nitrogens with zero attached hydrogens (tertiary/aromatic N) is 5. The van der Waals surface area contributed by atoms with Crippen molar-refractivity contribution in [2.75, 3.05) is 0 Å². The van der Waals surface area contributed by atoms with Crippen LogP contribution in [0.15, 0.2) is 79.3 Å². The summed E-state index contributed by atoms with van der Waals surface area (Å²) in [5.74, 6) is 0.692. The predicted molar refractivity (Wildman–Crippen MR) is 115 cm³/mol. The van der Waals surface area contributed by atoms with Crippen LogP contribution < -0.4 is 0 Å². The van der Waals surface area contributed by atoms with Crippen LogP contribution in [0.25, 0.3) is 56.1 Å². The van der Waals surface area contributed by atoms with Crippen LogP contribution in [0.2, 0.25) is 0 Å². The Bertz CT molecular complexity index is 1480. The smallest absolute Gasteiger partial charge is 0.159 e. The molecule has 6 aromatic rings. The molecule has 30 heavy (non-hydrogen) atoms. The number of hydrogen-bond acceptors (Lipinski definition) is 5. The number of imidazole rings is 1. The van der Waals surface area contributed by atoms with Gasteiger partial charge >= 0.3 is 0 Å². The number of benzene rings is 1. The molecule has 5 aromatic heterocycles. The second-order valence-corrected chi connectivity index (χ2v) is 6.90. The minimum atomic E-state index is 0.692. The second-order valence-electron chi connectivity index (χ2n) is 6.90. The normalized spacial score (nSPS) is 11.3. The van der Waals surface area contributed by atoms with E-state index >= 15 is 0 Å². The van der Waals surface area contributed by atoms with Gasteiger partial charge in [0.05, 0.1) is 39.8 Å². The van der Waals surface area contributed by atoms with Crippen LogP contribution in [0.1, 0.15) is 0 Å². The minimum absolute atomic E-state index is 0.692. The zero-order valence-corrected chi connectivity index (χ0v) is 15.7. The quantitative estimate of drug-likeness (QED) is 0.460. The molecule has 0 spiro atoms. The molecule has 142 valence electrons. The minimum Gasteiger partial charge on any atom is -0.337 e. The maximum Gasteiger partial charge on any atom is 0.159 e. The predicted octanol–water partition coefficient (Wildman–Crippen LogP) is 4.63. The lowest BCUT2D eigenvalue weighted by molar-refractivity contribution is 1.10. The van der Waals surface area contributed by atoms with Gasteiger partial charge in [-0.3, -0.25) is 20.1 Å². The van der Waals surface area contributed by atoms with Crippen LogP contribution >= 0.6 is 0 Å². The fourth-order valence-corrected chi connectivity index (χ4v) is 3.62. The van der Waals surface area contributed by atoms with Crippen LogP contribution in [0, 0.1) is 0 Å². The monoisotopic (exact) mass is 389 g/mol. The van der Waals surface area contributed by atoms with Crippen LogP contribution in [-0.2, 0) is 0 Å². The van der Waals surface area contributed by atoms with Gasteiger partial charge in [-0.25, -0.2) is 4.98 Å². The zero-order valence-electron chi connectivity index (χ0n) is 15.7. The molecule has 7 heteroatoms. The largest absolute Gasteiger partial charge is 0.337 e. The summed E-state index contributed by atoms with van der Waals surface area (Å²) in [6.07, 6.45) is 5.32. The molecule has 2 N–H and O–H groups in total. The van der Waals surface area contributed by atoms with Gasteiger partial charge < -0.3 is 4.98 Å². The summed E-state index contributed by atoms with van der Waals surface area (Å²) >= 11 is 0.